The summed E-state index contributed by atoms with van der Waals surface area (Å²) in [6.45, 7) is 8.49. The van der Waals surface area contributed by atoms with Gasteiger partial charge in [-0.25, -0.2) is 9.48 Å². The molecule has 8 nitrogen and oxygen atoms in total. The van der Waals surface area contributed by atoms with Gasteiger partial charge in [-0.05, 0) is 50.2 Å². The van der Waals surface area contributed by atoms with Gasteiger partial charge in [-0.3, -0.25) is 9.47 Å². The zero-order valence-electron chi connectivity index (χ0n) is 20.1. The van der Waals surface area contributed by atoms with E-state index in [2.05, 4.69) is 21.0 Å². The van der Waals surface area contributed by atoms with Crippen LogP contribution in [-0.2, 0) is 19.5 Å². The molecule has 2 N–H and O–H groups in total. The molecule has 0 radical (unpaired) electrons. The van der Waals surface area contributed by atoms with Crippen LogP contribution >= 0.6 is 24.0 Å². The Balaban J connectivity index is 0.00000216. The number of nitrogens with zero attached hydrogens (tertiary/aromatic N) is 5. The SMILES string of the molecule is CCn1nc(CCCN2CCN(c3cccc(Cl)c3)CC2)n(CCOc2ccccc2)c1=O.Cl.O. The van der Waals surface area contributed by atoms with E-state index in [1.54, 1.807) is 9.25 Å². The average molecular weight is 524 g/mol. The lowest BCUT2D eigenvalue weighted by atomic mass is 10.2. The van der Waals surface area contributed by atoms with Gasteiger partial charge in [-0.1, -0.05) is 35.9 Å². The number of hydrogen-bond acceptors (Lipinski definition) is 5. The highest BCUT2D eigenvalue weighted by molar-refractivity contribution is 6.30. The third-order valence-electron chi connectivity index (χ3n) is 6.05. The summed E-state index contributed by atoms with van der Waals surface area (Å²) in [5, 5.41) is 5.35. The molecule has 0 bridgehead atoms. The Morgan fingerprint density at radius 2 is 1.74 bits per heavy atom. The van der Waals surface area contributed by atoms with E-state index in [0.717, 1.165) is 62.2 Å². The first kappa shape index (κ1) is 28.7. The molecule has 1 fully saturated rings. The van der Waals surface area contributed by atoms with Crippen molar-refractivity contribution >= 4 is 29.7 Å². The molecule has 0 amide bonds. The van der Waals surface area contributed by atoms with Gasteiger partial charge in [-0.2, -0.15) is 5.10 Å². The maximum absolute atomic E-state index is 12.7. The molecule has 4 rings (SSSR count). The Labute approximate surface area is 217 Å². The number of rotatable bonds is 10. The van der Waals surface area contributed by atoms with E-state index in [9.17, 15) is 4.79 Å². The summed E-state index contributed by atoms with van der Waals surface area (Å²) in [4.78, 5) is 17.6. The Morgan fingerprint density at radius 3 is 2.43 bits per heavy atom. The van der Waals surface area contributed by atoms with Gasteiger partial charge in [-0.15, -0.1) is 12.4 Å². The number of benzene rings is 2. The normalized spacial score (nSPS) is 13.7. The summed E-state index contributed by atoms with van der Waals surface area (Å²) in [7, 11) is 0. The molecular formula is C25H35Cl2N5O3. The van der Waals surface area contributed by atoms with Crippen LogP contribution in [0.15, 0.2) is 59.4 Å². The summed E-state index contributed by atoms with van der Waals surface area (Å²) in [5.41, 5.74) is 1.13. The largest absolute Gasteiger partial charge is 0.492 e. The highest BCUT2D eigenvalue weighted by Gasteiger charge is 2.18. The van der Waals surface area contributed by atoms with Crippen molar-refractivity contribution in [2.45, 2.75) is 32.9 Å². The van der Waals surface area contributed by atoms with E-state index in [0.29, 0.717) is 19.7 Å². The Morgan fingerprint density at radius 1 is 1.00 bits per heavy atom. The molecule has 1 aliphatic rings. The van der Waals surface area contributed by atoms with Crippen molar-refractivity contribution in [3.63, 3.8) is 0 Å². The molecular weight excluding hydrogens is 489 g/mol. The fraction of sp³-hybridized carbons (Fsp3) is 0.440. The number of ether oxygens (including phenoxy) is 1. The number of para-hydroxylation sites is 1. The second-order valence-electron chi connectivity index (χ2n) is 8.24. The Bertz CT molecular complexity index is 1080. The highest BCUT2D eigenvalue weighted by Crippen LogP contribution is 2.20. The summed E-state index contributed by atoms with van der Waals surface area (Å²) in [5.74, 6) is 1.66. The number of aryl methyl sites for hydroxylation is 2. The van der Waals surface area contributed by atoms with Gasteiger partial charge in [0.1, 0.15) is 18.2 Å². The lowest BCUT2D eigenvalue weighted by Crippen LogP contribution is -2.46. The van der Waals surface area contributed by atoms with Crippen molar-refractivity contribution in [1.82, 2.24) is 19.2 Å². The van der Waals surface area contributed by atoms with Gasteiger partial charge in [0.05, 0.1) is 6.54 Å². The maximum Gasteiger partial charge on any atom is 0.346 e. The van der Waals surface area contributed by atoms with E-state index in [4.69, 9.17) is 16.3 Å². The monoisotopic (exact) mass is 523 g/mol. The van der Waals surface area contributed by atoms with E-state index >= 15 is 0 Å². The molecule has 1 aliphatic heterocycles. The van der Waals surface area contributed by atoms with Crippen LogP contribution in [0.4, 0.5) is 5.69 Å². The predicted octanol–water partition coefficient (Wildman–Crippen LogP) is 3.15. The molecule has 0 saturated carbocycles. The quantitative estimate of drug-likeness (QED) is 0.407. The molecule has 1 aromatic heterocycles. The van der Waals surface area contributed by atoms with Crippen molar-refractivity contribution in [1.29, 1.82) is 0 Å². The number of aromatic nitrogens is 3. The van der Waals surface area contributed by atoms with Crippen molar-refractivity contribution in [3.8, 4) is 5.75 Å². The van der Waals surface area contributed by atoms with Gasteiger partial charge in [0.25, 0.3) is 0 Å². The van der Waals surface area contributed by atoms with Crippen molar-refractivity contribution in [2.24, 2.45) is 0 Å². The van der Waals surface area contributed by atoms with E-state index in [1.165, 1.54) is 5.69 Å². The lowest BCUT2D eigenvalue weighted by molar-refractivity contribution is 0.253. The minimum absolute atomic E-state index is 0. The van der Waals surface area contributed by atoms with Crippen LogP contribution in [0.5, 0.6) is 5.75 Å². The lowest BCUT2D eigenvalue weighted by Gasteiger charge is -2.36. The van der Waals surface area contributed by atoms with Gasteiger partial charge >= 0.3 is 5.69 Å². The van der Waals surface area contributed by atoms with Crippen LogP contribution in [0.2, 0.25) is 5.02 Å². The fourth-order valence-electron chi connectivity index (χ4n) is 4.24. The third-order valence-corrected chi connectivity index (χ3v) is 6.28. The van der Waals surface area contributed by atoms with Gasteiger partial charge in [0.15, 0.2) is 0 Å². The van der Waals surface area contributed by atoms with Crippen LogP contribution in [0.25, 0.3) is 0 Å². The molecule has 35 heavy (non-hydrogen) atoms. The van der Waals surface area contributed by atoms with E-state index < -0.39 is 0 Å². The van der Waals surface area contributed by atoms with Gasteiger partial charge in [0, 0.05) is 49.9 Å². The molecule has 10 heteroatoms. The summed E-state index contributed by atoms with van der Waals surface area (Å²) >= 11 is 6.14. The Kier molecular flexibility index (Phi) is 11.6. The summed E-state index contributed by atoms with van der Waals surface area (Å²) in [6, 6.07) is 17.7. The molecule has 0 spiro atoms. The van der Waals surface area contributed by atoms with E-state index in [-0.39, 0.29) is 23.6 Å². The van der Waals surface area contributed by atoms with Crippen LogP contribution in [0.1, 0.15) is 19.2 Å². The zero-order chi connectivity index (χ0) is 23.0. The Hall–Kier alpha value is -2.52. The molecule has 0 aliphatic carbocycles. The standard InChI is InChI=1S/C25H32ClN5O2.ClH.H2O/c1-2-31-25(32)30(18-19-33-23-10-4-3-5-11-23)24(27-31)12-7-13-28-14-16-29(17-15-28)22-9-6-8-21(26)20-22;;/h3-6,8-11,20H,2,7,12-19H2,1H3;1H;1H2. The molecule has 3 aromatic rings. The number of piperazine rings is 1. The molecule has 0 atom stereocenters. The number of hydrogen-bond donors (Lipinski definition) is 0. The first-order valence-electron chi connectivity index (χ1n) is 11.7. The van der Waals surface area contributed by atoms with E-state index in [1.807, 2.05) is 55.5 Å². The average Bonchev–Trinajstić information content (AvgIpc) is 3.15. The molecule has 0 unspecified atom stereocenters. The predicted molar refractivity (Wildman–Crippen MR) is 143 cm³/mol. The van der Waals surface area contributed by atoms with Crippen LogP contribution in [0.3, 0.4) is 0 Å². The second kappa shape index (κ2) is 14.1. The maximum atomic E-state index is 12.7. The van der Waals surface area contributed by atoms with Gasteiger partial charge < -0.3 is 15.1 Å². The minimum Gasteiger partial charge on any atom is -0.492 e. The van der Waals surface area contributed by atoms with Crippen molar-refractivity contribution in [3.05, 3.63) is 75.9 Å². The minimum atomic E-state index is -0.0562. The fourth-order valence-corrected chi connectivity index (χ4v) is 4.42. The number of anilines is 1. The highest BCUT2D eigenvalue weighted by atomic mass is 35.5. The van der Waals surface area contributed by atoms with Gasteiger partial charge in [0.2, 0.25) is 0 Å². The van der Waals surface area contributed by atoms with Crippen LogP contribution in [0, 0.1) is 0 Å². The second-order valence-corrected chi connectivity index (χ2v) is 8.68. The summed E-state index contributed by atoms with van der Waals surface area (Å²) < 4.78 is 9.11. The van der Waals surface area contributed by atoms with Crippen LogP contribution < -0.4 is 15.3 Å². The third kappa shape index (κ3) is 7.73. The molecule has 2 heterocycles. The summed E-state index contributed by atoms with van der Waals surface area (Å²) in [6.07, 6.45) is 1.75. The van der Waals surface area contributed by atoms with Crippen molar-refractivity contribution in [2.75, 3.05) is 44.2 Å². The van der Waals surface area contributed by atoms with Crippen LogP contribution in [-0.4, -0.2) is 64.1 Å². The zero-order valence-corrected chi connectivity index (χ0v) is 21.7. The molecule has 192 valence electrons. The smallest absolute Gasteiger partial charge is 0.346 e. The first-order chi connectivity index (χ1) is 16.1. The first-order valence-corrected chi connectivity index (χ1v) is 12.1. The number of halogens is 2. The molecule has 2 aromatic carbocycles. The topological polar surface area (TPSA) is 87.0 Å². The van der Waals surface area contributed by atoms with Crippen molar-refractivity contribution < 1.29 is 10.2 Å². The molecule has 1 saturated heterocycles.